The Hall–Kier alpha value is -2.04. The van der Waals surface area contributed by atoms with Gasteiger partial charge in [0.05, 0.1) is 12.4 Å². The molecule has 3 nitrogen and oxygen atoms in total. The van der Waals surface area contributed by atoms with Crippen LogP contribution < -0.4 is 5.32 Å². The van der Waals surface area contributed by atoms with Gasteiger partial charge in [-0.25, -0.2) is 4.98 Å². The van der Waals surface area contributed by atoms with Crippen LogP contribution in [0.3, 0.4) is 0 Å². The van der Waals surface area contributed by atoms with E-state index in [0.29, 0.717) is 11.3 Å². The quantitative estimate of drug-likeness (QED) is 0.715. The first-order valence-corrected chi connectivity index (χ1v) is 9.70. The van der Waals surface area contributed by atoms with Gasteiger partial charge in [-0.1, -0.05) is 55.5 Å². The molecule has 0 amide bonds. The summed E-state index contributed by atoms with van der Waals surface area (Å²) in [6, 6.07) is 20.2. The van der Waals surface area contributed by atoms with E-state index < -0.39 is 0 Å². The van der Waals surface area contributed by atoms with Crippen molar-refractivity contribution in [3.05, 3.63) is 84.4 Å². The van der Waals surface area contributed by atoms with E-state index in [2.05, 4.69) is 76.4 Å². The molecule has 1 aromatic heterocycles. The number of aromatic nitrogens is 2. The van der Waals surface area contributed by atoms with Crippen molar-refractivity contribution in [2.24, 2.45) is 0 Å². The molecule has 3 aromatic rings. The van der Waals surface area contributed by atoms with Crippen LogP contribution in [0, 0.1) is 0 Å². The smallest absolute Gasteiger partial charge is 0.0946 e. The largest absolute Gasteiger partial charge is 0.336 e. The van der Waals surface area contributed by atoms with Crippen LogP contribution in [-0.2, 0) is 6.54 Å². The van der Waals surface area contributed by atoms with Crippen molar-refractivity contribution in [2.45, 2.75) is 42.1 Å². The van der Waals surface area contributed by atoms with Crippen molar-refractivity contribution < 1.29 is 0 Å². The van der Waals surface area contributed by atoms with Crippen LogP contribution in [0.4, 0.5) is 0 Å². The molecule has 2 aromatic carbocycles. The highest BCUT2D eigenvalue weighted by atomic mass is 32.2. The van der Waals surface area contributed by atoms with E-state index in [1.54, 1.807) is 0 Å². The normalized spacial score (nSPS) is 20.8. The number of imidazole rings is 1. The van der Waals surface area contributed by atoms with Gasteiger partial charge < -0.3 is 9.88 Å². The van der Waals surface area contributed by atoms with Gasteiger partial charge in [0.2, 0.25) is 0 Å². The van der Waals surface area contributed by atoms with Crippen molar-refractivity contribution in [3.8, 4) is 0 Å². The minimum absolute atomic E-state index is 0.253. The SMILES string of the molecule is CC1CC(NC(Cn2ccnc2)c2ccccc2)c2ccccc2S1. The molecule has 1 N–H and O–H groups in total. The lowest BCUT2D eigenvalue weighted by molar-refractivity contribution is 0.381. The Bertz CT molecular complexity index is 801. The molecule has 128 valence electrons. The maximum absolute atomic E-state index is 4.20. The summed E-state index contributed by atoms with van der Waals surface area (Å²) < 4.78 is 2.15. The molecule has 0 saturated carbocycles. The molecule has 4 heteroatoms. The first kappa shape index (κ1) is 16.4. The molecule has 0 radical (unpaired) electrons. The second-order valence-electron chi connectivity index (χ2n) is 6.64. The third-order valence-corrected chi connectivity index (χ3v) is 5.97. The first-order chi connectivity index (χ1) is 12.3. The van der Waals surface area contributed by atoms with Crippen LogP contribution in [0.1, 0.15) is 36.6 Å². The van der Waals surface area contributed by atoms with Gasteiger partial charge in [-0.3, -0.25) is 0 Å². The van der Waals surface area contributed by atoms with Crippen LogP contribution in [-0.4, -0.2) is 14.8 Å². The fourth-order valence-electron chi connectivity index (χ4n) is 3.55. The van der Waals surface area contributed by atoms with Gasteiger partial charge >= 0.3 is 0 Å². The number of hydrogen-bond donors (Lipinski definition) is 1. The highest BCUT2D eigenvalue weighted by molar-refractivity contribution is 8.00. The molecule has 3 unspecified atom stereocenters. The predicted molar refractivity (Wildman–Crippen MR) is 104 cm³/mol. The lowest BCUT2D eigenvalue weighted by atomic mass is 9.98. The number of benzene rings is 2. The highest BCUT2D eigenvalue weighted by Gasteiger charge is 2.27. The second-order valence-corrected chi connectivity index (χ2v) is 8.12. The first-order valence-electron chi connectivity index (χ1n) is 8.82. The van der Waals surface area contributed by atoms with Gasteiger partial charge in [0.15, 0.2) is 0 Å². The highest BCUT2D eigenvalue weighted by Crippen LogP contribution is 2.41. The summed E-state index contributed by atoms with van der Waals surface area (Å²) in [7, 11) is 0. The molecule has 4 rings (SSSR count). The molecule has 2 heterocycles. The number of rotatable bonds is 5. The molecule has 1 aliphatic heterocycles. The van der Waals surface area contributed by atoms with E-state index >= 15 is 0 Å². The lowest BCUT2D eigenvalue weighted by Crippen LogP contribution is -2.32. The van der Waals surface area contributed by atoms with E-state index in [1.165, 1.54) is 16.0 Å². The molecule has 0 saturated heterocycles. The lowest BCUT2D eigenvalue weighted by Gasteiger charge is -2.33. The number of fused-ring (bicyclic) bond motifs is 1. The number of hydrogen-bond acceptors (Lipinski definition) is 3. The molecule has 0 spiro atoms. The third kappa shape index (κ3) is 3.80. The third-order valence-electron chi connectivity index (χ3n) is 4.75. The van der Waals surface area contributed by atoms with Crippen molar-refractivity contribution in [3.63, 3.8) is 0 Å². The Morgan fingerprint density at radius 2 is 1.96 bits per heavy atom. The Morgan fingerprint density at radius 3 is 2.76 bits per heavy atom. The molecule has 3 atom stereocenters. The molecule has 0 aliphatic carbocycles. The zero-order chi connectivity index (χ0) is 17.1. The second kappa shape index (κ2) is 7.46. The average molecular weight is 350 g/mol. The van der Waals surface area contributed by atoms with Gasteiger partial charge in [-0.15, -0.1) is 11.8 Å². The van der Waals surface area contributed by atoms with Crippen molar-refractivity contribution in [1.29, 1.82) is 0 Å². The van der Waals surface area contributed by atoms with Gasteiger partial charge in [-0.05, 0) is 23.6 Å². The summed E-state index contributed by atoms with van der Waals surface area (Å²) in [6.07, 6.45) is 6.92. The number of thioether (sulfide) groups is 1. The zero-order valence-electron chi connectivity index (χ0n) is 14.4. The summed E-state index contributed by atoms with van der Waals surface area (Å²) >= 11 is 1.99. The van der Waals surface area contributed by atoms with Crippen LogP contribution in [0.25, 0.3) is 0 Å². The van der Waals surface area contributed by atoms with Gasteiger partial charge in [-0.2, -0.15) is 0 Å². The monoisotopic (exact) mass is 349 g/mol. The molecule has 1 aliphatic rings. The van der Waals surface area contributed by atoms with Crippen LogP contribution >= 0.6 is 11.8 Å². The summed E-state index contributed by atoms with van der Waals surface area (Å²) in [4.78, 5) is 5.61. The Labute approximate surface area is 153 Å². The Balaban J connectivity index is 1.62. The molecule has 0 bridgehead atoms. The minimum Gasteiger partial charge on any atom is -0.336 e. The molecule has 0 fully saturated rings. The van der Waals surface area contributed by atoms with Gasteiger partial charge in [0.1, 0.15) is 0 Å². The summed E-state index contributed by atoms with van der Waals surface area (Å²) in [5.74, 6) is 0. The fourth-order valence-corrected chi connectivity index (χ4v) is 4.77. The van der Waals surface area contributed by atoms with E-state index in [9.17, 15) is 0 Å². The zero-order valence-corrected chi connectivity index (χ0v) is 15.2. The van der Waals surface area contributed by atoms with E-state index in [0.717, 1.165) is 13.0 Å². The predicted octanol–water partition coefficient (Wildman–Crippen LogP) is 4.84. The topological polar surface area (TPSA) is 29.9 Å². The van der Waals surface area contributed by atoms with Crippen LogP contribution in [0.5, 0.6) is 0 Å². The van der Waals surface area contributed by atoms with Gasteiger partial charge in [0.25, 0.3) is 0 Å². The molecular formula is C21H23N3S. The summed E-state index contributed by atoms with van der Waals surface area (Å²) in [5.41, 5.74) is 2.75. The van der Waals surface area contributed by atoms with Crippen molar-refractivity contribution in [1.82, 2.24) is 14.9 Å². The van der Waals surface area contributed by atoms with Gasteiger partial charge in [0, 0.05) is 35.1 Å². The summed E-state index contributed by atoms with van der Waals surface area (Å²) in [5, 5.41) is 4.56. The van der Waals surface area contributed by atoms with E-state index in [-0.39, 0.29) is 6.04 Å². The Kier molecular flexibility index (Phi) is 4.90. The fraction of sp³-hybridized carbons (Fsp3) is 0.286. The Morgan fingerprint density at radius 1 is 1.16 bits per heavy atom. The van der Waals surface area contributed by atoms with E-state index in [4.69, 9.17) is 0 Å². The van der Waals surface area contributed by atoms with Crippen LogP contribution in [0.2, 0.25) is 0 Å². The average Bonchev–Trinajstić information content (AvgIpc) is 3.15. The molecular weight excluding hydrogens is 326 g/mol. The number of nitrogens with zero attached hydrogens (tertiary/aromatic N) is 2. The standard InChI is InChI=1S/C21H23N3S/c1-16-13-19(18-9-5-6-10-21(18)25-16)23-20(14-24-12-11-22-15-24)17-7-3-2-4-8-17/h2-12,15-16,19-20,23H,13-14H2,1H3. The number of nitrogens with one attached hydrogen (secondary N) is 1. The van der Waals surface area contributed by atoms with Crippen molar-refractivity contribution in [2.75, 3.05) is 0 Å². The maximum Gasteiger partial charge on any atom is 0.0946 e. The summed E-state index contributed by atoms with van der Waals surface area (Å²) in [6.45, 7) is 3.20. The van der Waals surface area contributed by atoms with E-state index in [1.807, 2.05) is 30.5 Å². The maximum atomic E-state index is 4.20. The minimum atomic E-state index is 0.253. The van der Waals surface area contributed by atoms with Crippen molar-refractivity contribution >= 4 is 11.8 Å². The molecule has 25 heavy (non-hydrogen) atoms. The van der Waals surface area contributed by atoms with Crippen LogP contribution in [0.15, 0.2) is 78.2 Å².